The molecule has 0 aliphatic heterocycles. The van der Waals surface area contributed by atoms with Crippen molar-refractivity contribution < 1.29 is 27.9 Å². The number of nitrogens with zero attached hydrogens (tertiary/aromatic N) is 4. The molecule has 0 bridgehead atoms. The van der Waals surface area contributed by atoms with E-state index in [4.69, 9.17) is 5.11 Å². The average molecular weight is 357 g/mol. The average Bonchev–Trinajstić information content (AvgIpc) is 3.03. The number of aromatic nitrogens is 4. The molecule has 2 heterocycles. The van der Waals surface area contributed by atoms with Gasteiger partial charge in [-0.25, -0.2) is 9.67 Å². The summed E-state index contributed by atoms with van der Waals surface area (Å²) in [6, 6.07) is 1.97. The van der Waals surface area contributed by atoms with Crippen molar-refractivity contribution in [2.24, 2.45) is 0 Å². The van der Waals surface area contributed by atoms with Gasteiger partial charge in [0.15, 0.2) is 11.5 Å². The first-order chi connectivity index (χ1) is 11.8. The fourth-order valence-corrected chi connectivity index (χ4v) is 1.86. The van der Waals surface area contributed by atoms with Gasteiger partial charge < -0.3 is 10.4 Å². The Hall–Kier alpha value is -2.98. The molecule has 2 N–H and O–H groups in total. The van der Waals surface area contributed by atoms with Gasteiger partial charge in [0.25, 0.3) is 5.91 Å². The number of pyridine rings is 1. The van der Waals surface area contributed by atoms with Gasteiger partial charge in [0, 0.05) is 19.2 Å². The highest BCUT2D eigenvalue weighted by atomic mass is 19.4. The fraction of sp³-hybridized carbons (Fsp3) is 0.357. The quantitative estimate of drug-likeness (QED) is 0.730. The van der Waals surface area contributed by atoms with Crippen LogP contribution in [0.2, 0.25) is 0 Å². The molecule has 0 spiro atoms. The normalized spacial score (nSPS) is 11.3. The summed E-state index contributed by atoms with van der Waals surface area (Å²) in [7, 11) is 0. The van der Waals surface area contributed by atoms with Crippen LogP contribution in [0.15, 0.2) is 24.5 Å². The summed E-state index contributed by atoms with van der Waals surface area (Å²) in [6.45, 7) is 0.275. The summed E-state index contributed by atoms with van der Waals surface area (Å²) in [5.74, 6) is -1.34. The largest absolute Gasteiger partial charge is 0.481 e. The van der Waals surface area contributed by atoms with Crippen LogP contribution in [0, 0.1) is 0 Å². The lowest BCUT2D eigenvalue weighted by Gasteiger charge is -2.06. The molecule has 0 saturated carbocycles. The SMILES string of the molecule is O=C(O)CCCCNC(=O)c1cn(-c2ccc(C(F)(F)F)cn2)nn1. The van der Waals surface area contributed by atoms with Crippen LogP contribution >= 0.6 is 0 Å². The first-order valence-electron chi connectivity index (χ1n) is 7.23. The summed E-state index contributed by atoms with van der Waals surface area (Å²) in [4.78, 5) is 25.9. The number of halogens is 3. The highest BCUT2D eigenvalue weighted by Gasteiger charge is 2.30. The van der Waals surface area contributed by atoms with E-state index in [2.05, 4.69) is 20.6 Å². The maximum Gasteiger partial charge on any atom is 0.417 e. The molecule has 0 aliphatic carbocycles. The zero-order chi connectivity index (χ0) is 18.4. The molecule has 0 saturated heterocycles. The monoisotopic (exact) mass is 357 g/mol. The minimum absolute atomic E-state index is 0.0195. The standard InChI is InChI=1S/C14H14F3N5O3/c15-14(16,17)9-4-5-11(19-7-9)22-8-10(20-21-22)13(25)18-6-2-1-3-12(23)24/h4-5,7-8H,1-3,6H2,(H,18,25)(H,23,24). The van der Waals surface area contributed by atoms with E-state index in [1.54, 1.807) is 0 Å². The van der Waals surface area contributed by atoms with Crippen LogP contribution in [0.1, 0.15) is 35.3 Å². The molecule has 1 amide bonds. The Morgan fingerprint density at radius 1 is 1.24 bits per heavy atom. The maximum atomic E-state index is 12.5. The number of nitrogens with one attached hydrogen (secondary N) is 1. The molecule has 2 aromatic heterocycles. The molecule has 0 atom stereocenters. The van der Waals surface area contributed by atoms with Gasteiger partial charge in [-0.15, -0.1) is 5.10 Å². The van der Waals surface area contributed by atoms with Crippen LogP contribution in [-0.2, 0) is 11.0 Å². The number of hydrogen-bond donors (Lipinski definition) is 2. The highest BCUT2D eigenvalue weighted by Crippen LogP contribution is 2.28. The molecule has 0 aromatic carbocycles. The number of carbonyl (C=O) groups is 2. The van der Waals surface area contributed by atoms with Gasteiger partial charge in [-0.2, -0.15) is 13.2 Å². The van der Waals surface area contributed by atoms with Gasteiger partial charge in [0.05, 0.1) is 11.8 Å². The molecule has 8 nitrogen and oxygen atoms in total. The van der Waals surface area contributed by atoms with Gasteiger partial charge >= 0.3 is 12.1 Å². The number of hydrogen-bond acceptors (Lipinski definition) is 5. The van der Waals surface area contributed by atoms with Crippen LogP contribution < -0.4 is 5.32 Å². The molecule has 0 fully saturated rings. The molecule has 0 unspecified atom stereocenters. The predicted octanol–water partition coefficient (Wildman–Crippen LogP) is 1.67. The Kier molecular flexibility index (Phi) is 5.67. The van der Waals surface area contributed by atoms with Gasteiger partial charge in [0.2, 0.25) is 0 Å². The number of alkyl halides is 3. The minimum Gasteiger partial charge on any atom is -0.481 e. The zero-order valence-corrected chi connectivity index (χ0v) is 12.8. The topological polar surface area (TPSA) is 110 Å². The van der Waals surface area contributed by atoms with Crippen LogP contribution in [0.5, 0.6) is 0 Å². The summed E-state index contributed by atoms with van der Waals surface area (Å²) in [5, 5.41) is 18.3. The Bertz CT molecular complexity index is 743. The Labute approximate surface area is 139 Å². The molecule has 134 valence electrons. The highest BCUT2D eigenvalue weighted by molar-refractivity contribution is 5.91. The van der Waals surface area contributed by atoms with Crippen molar-refractivity contribution in [3.63, 3.8) is 0 Å². The lowest BCUT2D eigenvalue weighted by molar-refractivity contribution is -0.138. The molecule has 2 aromatic rings. The van der Waals surface area contributed by atoms with E-state index < -0.39 is 23.6 Å². The number of rotatable bonds is 7. The molecule has 0 aliphatic rings. The second kappa shape index (κ2) is 7.73. The molecule has 11 heteroatoms. The number of unbranched alkanes of at least 4 members (excludes halogenated alkanes) is 1. The van der Waals surface area contributed by atoms with Crippen LogP contribution in [0.3, 0.4) is 0 Å². The van der Waals surface area contributed by atoms with Crippen LogP contribution in [0.25, 0.3) is 5.82 Å². The van der Waals surface area contributed by atoms with Gasteiger partial charge in [-0.05, 0) is 25.0 Å². The van der Waals surface area contributed by atoms with E-state index in [1.165, 1.54) is 6.20 Å². The molecule has 0 radical (unpaired) electrons. The van der Waals surface area contributed by atoms with Crippen LogP contribution in [-0.4, -0.2) is 43.5 Å². The van der Waals surface area contributed by atoms with Gasteiger partial charge in [0.1, 0.15) is 0 Å². The number of aliphatic carboxylic acids is 1. The van der Waals surface area contributed by atoms with Crippen molar-refractivity contribution in [1.29, 1.82) is 0 Å². The van der Waals surface area contributed by atoms with Crippen molar-refractivity contribution in [2.45, 2.75) is 25.4 Å². The summed E-state index contributed by atoms with van der Waals surface area (Å²) in [6.07, 6.45) is -1.64. The lowest BCUT2D eigenvalue weighted by Crippen LogP contribution is -2.24. The second-order valence-corrected chi connectivity index (χ2v) is 5.06. The summed E-state index contributed by atoms with van der Waals surface area (Å²) in [5.41, 5.74) is -0.921. The first kappa shape index (κ1) is 18.4. The zero-order valence-electron chi connectivity index (χ0n) is 12.8. The minimum atomic E-state index is -4.49. The Morgan fingerprint density at radius 3 is 2.60 bits per heavy atom. The van der Waals surface area contributed by atoms with Crippen molar-refractivity contribution in [3.8, 4) is 5.82 Å². The Morgan fingerprint density at radius 2 is 2.00 bits per heavy atom. The maximum absolute atomic E-state index is 12.5. The third-order valence-electron chi connectivity index (χ3n) is 3.14. The summed E-state index contributed by atoms with van der Waals surface area (Å²) >= 11 is 0. The molecule has 25 heavy (non-hydrogen) atoms. The van der Waals surface area contributed by atoms with Crippen molar-refractivity contribution in [2.75, 3.05) is 6.54 Å². The second-order valence-electron chi connectivity index (χ2n) is 5.06. The molecular formula is C14H14F3N5O3. The van der Waals surface area contributed by atoms with Crippen molar-refractivity contribution in [3.05, 3.63) is 35.8 Å². The predicted molar refractivity (Wildman–Crippen MR) is 78.0 cm³/mol. The Balaban J connectivity index is 1.93. The third-order valence-corrected chi connectivity index (χ3v) is 3.14. The van der Waals surface area contributed by atoms with E-state index >= 15 is 0 Å². The van der Waals surface area contributed by atoms with Gasteiger partial charge in [-0.1, -0.05) is 5.21 Å². The van der Waals surface area contributed by atoms with E-state index in [1.807, 2.05) is 0 Å². The first-order valence-corrected chi connectivity index (χ1v) is 7.23. The van der Waals surface area contributed by atoms with Gasteiger partial charge in [-0.3, -0.25) is 9.59 Å². The number of amides is 1. The van der Waals surface area contributed by atoms with E-state index in [-0.39, 0.29) is 24.5 Å². The van der Waals surface area contributed by atoms with E-state index in [9.17, 15) is 22.8 Å². The van der Waals surface area contributed by atoms with E-state index in [0.29, 0.717) is 19.0 Å². The van der Waals surface area contributed by atoms with Crippen molar-refractivity contribution in [1.82, 2.24) is 25.3 Å². The molecule has 2 rings (SSSR count). The number of carboxylic acid groups (broad SMARTS) is 1. The smallest absolute Gasteiger partial charge is 0.417 e. The third kappa shape index (κ3) is 5.26. The number of carbonyl (C=O) groups excluding carboxylic acids is 1. The summed E-state index contributed by atoms with van der Waals surface area (Å²) < 4.78 is 38.6. The van der Waals surface area contributed by atoms with E-state index in [0.717, 1.165) is 16.8 Å². The number of carboxylic acids is 1. The lowest BCUT2D eigenvalue weighted by atomic mass is 10.2. The molecular weight excluding hydrogens is 343 g/mol. The van der Waals surface area contributed by atoms with Crippen LogP contribution in [0.4, 0.5) is 13.2 Å². The fourth-order valence-electron chi connectivity index (χ4n) is 1.86. The van der Waals surface area contributed by atoms with Crippen molar-refractivity contribution >= 4 is 11.9 Å².